The predicted molar refractivity (Wildman–Crippen MR) is 91.7 cm³/mol. The van der Waals surface area contributed by atoms with Crippen molar-refractivity contribution >= 4 is 5.96 Å². The number of hydrogen-bond acceptors (Lipinski definition) is 6. The topological polar surface area (TPSA) is 97.5 Å². The van der Waals surface area contributed by atoms with Crippen LogP contribution in [0.3, 0.4) is 0 Å². The maximum atomic E-state index is 5.24. The third kappa shape index (κ3) is 5.96. The Labute approximate surface area is 141 Å². The summed E-state index contributed by atoms with van der Waals surface area (Å²) in [5, 5.41) is 10.4. The Morgan fingerprint density at radius 3 is 3.00 bits per heavy atom. The van der Waals surface area contributed by atoms with Crippen molar-refractivity contribution in [2.75, 3.05) is 33.4 Å². The molecule has 24 heavy (non-hydrogen) atoms. The van der Waals surface area contributed by atoms with Crippen molar-refractivity contribution in [2.24, 2.45) is 4.99 Å². The van der Waals surface area contributed by atoms with E-state index in [0.717, 1.165) is 25.5 Å². The van der Waals surface area contributed by atoms with Crippen molar-refractivity contribution < 1.29 is 9.26 Å². The number of aromatic nitrogens is 3. The van der Waals surface area contributed by atoms with E-state index in [2.05, 4.69) is 30.8 Å². The number of rotatable bonds is 9. The Kier molecular flexibility index (Phi) is 7.69. The summed E-state index contributed by atoms with van der Waals surface area (Å²) < 4.78 is 10.3. The monoisotopic (exact) mass is 332 g/mol. The van der Waals surface area contributed by atoms with E-state index in [0.29, 0.717) is 37.0 Å². The lowest BCUT2D eigenvalue weighted by Crippen LogP contribution is -2.38. The largest absolute Gasteiger partial charge is 0.385 e. The summed E-state index contributed by atoms with van der Waals surface area (Å²) in [5.74, 6) is 1.85. The zero-order chi connectivity index (χ0) is 17.0. The van der Waals surface area contributed by atoms with Crippen LogP contribution in [0.1, 0.15) is 19.2 Å². The first-order chi connectivity index (χ1) is 11.8. The Morgan fingerprint density at radius 1 is 1.33 bits per heavy atom. The van der Waals surface area contributed by atoms with Gasteiger partial charge in [0, 0.05) is 46.0 Å². The molecule has 2 N–H and O–H groups in total. The van der Waals surface area contributed by atoms with Crippen LogP contribution in [-0.4, -0.2) is 54.4 Å². The second-order valence-electron chi connectivity index (χ2n) is 5.01. The Bertz CT molecular complexity index is 614. The zero-order valence-corrected chi connectivity index (χ0v) is 14.2. The first-order valence-corrected chi connectivity index (χ1v) is 8.08. The van der Waals surface area contributed by atoms with Crippen molar-refractivity contribution in [1.29, 1.82) is 0 Å². The Hall–Kier alpha value is -2.48. The molecule has 0 radical (unpaired) electrons. The summed E-state index contributed by atoms with van der Waals surface area (Å²) in [4.78, 5) is 13.0. The number of nitrogens with one attached hydrogen (secondary N) is 2. The van der Waals surface area contributed by atoms with Crippen molar-refractivity contribution in [3.05, 3.63) is 30.2 Å². The third-order valence-corrected chi connectivity index (χ3v) is 3.11. The minimum absolute atomic E-state index is 0.436. The van der Waals surface area contributed by atoms with Crippen LogP contribution < -0.4 is 10.6 Å². The van der Waals surface area contributed by atoms with E-state index in [-0.39, 0.29) is 0 Å². The highest BCUT2D eigenvalue weighted by Crippen LogP contribution is 2.12. The zero-order valence-electron chi connectivity index (χ0n) is 14.2. The summed E-state index contributed by atoms with van der Waals surface area (Å²) in [6, 6.07) is 5.57. The molecule has 0 saturated heterocycles. The molecule has 2 rings (SSSR count). The molecule has 0 aliphatic rings. The van der Waals surface area contributed by atoms with Gasteiger partial charge in [-0.15, -0.1) is 0 Å². The summed E-state index contributed by atoms with van der Waals surface area (Å²) in [7, 11) is 1.69. The quantitative estimate of drug-likeness (QED) is 0.405. The SMILES string of the molecule is CCNC(=NCCCOC)NCCc1noc(-c2ccccn2)n1. The van der Waals surface area contributed by atoms with Crippen LogP contribution in [0.4, 0.5) is 0 Å². The van der Waals surface area contributed by atoms with Crippen LogP contribution in [0.5, 0.6) is 0 Å². The second-order valence-corrected chi connectivity index (χ2v) is 5.01. The highest BCUT2D eigenvalue weighted by atomic mass is 16.5. The van der Waals surface area contributed by atoms with E-state index in [1.54, 1.807) is 13.3 Å². The summed E-state index contributed by atoms with van der Waals surface area (Å²) in [6.07, 6.45) is 3.23. The van der Waals surface area contributed by atoms with Crippen LogP contribution >= 0.6 is 0 Å². The Morgan fingerprint density at radius 2 is 2.25 bits per heavy atom. The van der Waals surface area contributed by atoms with Crippen LogP contribution in [0, 0.1) is 0 Å². The van der Waals surface area contributed by atoms with E-state index in [1.807, 2.05) is 25.1 Å². The van der Waals surface area contributed by atoms with E-state index >= 15 is 0 Å². The maximum Gasteiger partial charge on any atom is 0.276 e. The van der Waals surface area contributed by atoms with Gasteiger partial charge < -0.3 is 19.9 Å². The van der Waals surface area contributed by atoms with Gasteiger partial charge in [-0.2, -0.15) is 4.98 Å². The van der Waals surface area contributed by atoms with Crippen LogP contribution in [0.15, 0.2) is 33.9 Å². The van der Waals surface area contributed by atoms with E-state index in [9.17, 15) is 0 Å². The summed E-state index contributed by atoms with van der Waals surface area (Å²) in [5.41, 5.74) is 0.678. The smallest absolute Gasteiger partial charge is 0.276 e. The number of methoxy groups -OCH3 is 1. The van der Waals surface area contributed by atoms with Gasteiger partial charge in [0.25, 0.3) is 5.89 Å². The van der Waals surface area contributed by atoms with Crippen LogP contribution in [0.25, 0.3) is 11.6 Å². The molecule has 0 aliphatic heterocycles. The van der Waals surface area contributed by atoms with Gasteiger partial charge in [0.05, 0.1) is 0 Å². The fourth-order valence-electron chi connectivity index (χ4n) is 1.98. The van der Waals surface area contributed by atoms with Gasteiger partial charge in [-0.3, -0.25) is 9.98 Å². The minimum atomic E-state index is 0.436. The number of ether oxygens (including phenoxy) is 1. The van der Waals surface area contributed by atoms with Crippen molar-refractivity contribution in [1.82, 2.24) is 25.8 Å². The number of hydrogen-bond donors (Lipinski definition) is 2. The first-order valence-electron chi connectivity index (χ1n) is 8.08. The number of nitrogens with zero attached hydrogens (tertiary/aromatic N) is 4. The molecule has 2 aromatic rings. The normalized spacial score (nSPS) is 11.5. The van der Waals surface area contributed by atoms with E-state index in [1.165, 1.54) is 0 Å². The Balaban J connectivity index is 1.80. The maximum absolute atomic E-state index is 5.24. The molecule has 0 atom stereocenters. The first kappa shape index (κ1) is 17.9. The molecule has 0 saturated carbocycles. The fraction of sp³-hybridized carbons (Fsp3) is 0.500. The molecule has 8 nitrogen and oxygen atoms in total. The molecule has 0 unspecified atom stereocenters. The molecule has 8 heteroatoms. The lowest BCUT2D eigenvalue weighted by Gasteiger charge is -2.10. The second kappa shape index (κ2) is 10.3. The fourth-order valence-corrected chi connectivity index (χ4v) is 1.98. The lowest BCUT2D eigenvalue weighted by atomic mass is 10.3. The summed E-state index contributed by atoms with van der Waals surface area (Å²) in [6.45, 7) is 4.93. The van der Waals surface area contributed by atoms with Crippen molar-refractivity contribution in [3.8, 4) is 11.6 Å². The van der Waals surface area contributed by atoms with Gasteiger partial charge in [0.15, 0.2) is 11.8 Å². The lowest BCUT2D eigenvalue weighted by molar-refractivity contribution is 0.197. The molecule has 0 amide bonds. The van der Waals surface area contributed by atoms with Crippen molar-refractivity contribution in [2.45, 2.75) is 19.8 Å². The molecule has 0 bridgehead atoms. The van der Waals surface area contributed by atoms with Gasteiger partial charge in [-0.1, -0.05) is 11.2 Å². The average molecular weight is 332 g/mol. The molecule has 2 heterocycles. The van der Waals surface area contributed by atoms with E-state index in [4.69, 9.17) is 9.26 Å². The molecule has 0 aromatic carbocycles. The number of aliphatic imine (C=N–C) groups is 1. The van der Waals surface area contributed by atoms with Gasteiger partial charge in [-0.05, 0) is 25.5 Å². The van der Waals surface area contributed by atoms with Crippen molar-refractivity contribution in [3.63, 3.8) is 0 Å². The standard InChI is InChI=1S/C16H24N6O2/c1-3-17-16(19-10-6-12-23-2)20-11-8-14-21-15(24-22-14)13-7-4-5-9-18-13/h4-5,7,9H,3,6,8,10-12H2,1-2H3,(H2,17,19,20). The van der Waals surface area contributed by atoms with Gasteiger partial charge in [0.1, 0.15) is 5.69 Å². The number of pyridine rings is 1. The highest BCUT2D eigenvalue weighted by Gasteiger charge is 2.09. The van der Waals surface area contributed by atoms with Crippen LogP contribution in [-0.2, 0) is 11.2 Å². The number of guanidine groups is 1. The molecular weight excluding hydrogens is 308 g/mol. The average Bonchev–Trinajstić information content (AvgIpc) is 3.08. The van der Waals surface area contributed by atoms with Gasteiger partial charge in [0.2, 0.25) is 0 Å². The van der Waals surface area contributed by atoms with E-state index < -0.39 is 0 Å². The van der Waals surface area contributed by atoms with Crippen LogP contribution in [0.2, 0.25) is 0 Å². The highest BCUT2D eigenvalue weighted by molar-refractivity contribution is 5.79. The van der Waals surface area contributed by atoms with Gasteiger partial charge in [-0.25, -0.2) is 0 Å². The molecular formula is C16H24N6O2. The summed E-state index contributed by atoms with van der Waals surface area (Å²) >= 11 is 0. The molecule has 130 valence electrons. The minimum Gasteiger partial charge on any atom is -0.385 e. The molecule has 2 aromatic heterocycles. The predicted octanol–water partition coefficient (Wildman–Crippen LogP) is 1.27. The molecule has 0 spiro atoms. The third-order valence-electron chi connectivity index (χ3n) is 3.11. The van der Waals surface area contributed by atoms with Gasteiger partial charge >= 0.3 is 0 Å². The molecule has 0 fully saturated rings. The molecule has 0 aliphatic carbocycles.